The molecule has 2 N–H and O–H groups in total. The van der Waals surface area contributed by atoms with E-state index < -0.39 is 0 Å². The van der Waals surface area contributed by atoms with Crippen molar-refractivity contribution in [3.8, 4) is 0 Å². The Labute approximate surface area is 120 Å². The fourth-order valence-electron chi connectivity index (χ4n) is 1.96. The summed E-state index contributed by atoms with van der Waals surface area (Å²) < 4.78 is 6.75. The lowest BCUT2D eigenvalue weighted by atomic mass is 10.1. The maximum Gasteiger partial charge on any atom is 0.269 e. The Balaban J connectivity index is 2.84. The predicted molar refractivity (Wildman–Crippen MR) is 76.8 cm³/mol. The molecule has 0 fully saturated rings. The van der Waals surface area contributed by atoms with Crippen molar-refractivity contribution in [3.05, 3.63) is 17.5 Å². The lowest BCUT2D eigenvalue weighted by Gasteiger charge is -2.16. The first kappa shape index (κ1) is 16.7. The van der Waals surface area contributed by atoms with Crippen LogP contribution in [0, 0.1) is 0 Å². The fraction of sp³-hybridized carbons (Fsp3) is 0.714. The Morgan fingerprint density at radius 2 is 2.25 bits per heavy atom. The highest BCUT2D eigenvalue weighted by Gasteiger charge is 2.19. The molecule has 6 nitrogen and oxygen atoms in total. The summed E-state index contributed by atoms with van der Waals surface area (Å²) in [6.07, 6.45) is 0.469. The molecule has 1 aromatic heterocycles. The summed E-state index contributed by atoms with van der Waals surface area (Å²) >= 11 is 0. The van der Waals surface area contributed by atoms with Crippen molar-refractivity contribution >= 4 is 5.91 Å². The van der Waals surface area contributed by atoms with Gasteiger partial charge in [-0.25, -0.2) is 0 Å². The van der Waals surface area contributed by atoms with E-state index in [9.17, 15) is 4.79 Å². The van der Waals surface area contributed by atoms with Gasteiger partial charge in [0.15, 0.2) is 0 Å². The maximum atomic E-state index is 12.3. The largest absolute Gasteiger partial charge is 0.396 e. The summed E-state index contributed by atoms with van der Waals surface area (Å²) in [7, 11) is 1.57. The number of aliphatic hydroxyl groups excluding tert-OH is 1. The smallest absolute Gasteiger partial charge is 0.269 e. The van der Waals surface area contributed by atoms with Crippen LogP contribution < -0.4 is 5.32 Å². The van der Waals surface area contributed by atoms with Gasteiger partial charge in [-0.15, -0.1) is 0 Å². The number of carbonyl (C=O) groups is 1. The fourth-order valence-corrected chi connectivity index (χ4v) is 1.96. The van der Waals surface area contributed by atoms with Gasteiger partial charge in [0.1, 0.15) is 5.69 Å². The summed E-state index contributed by atoms with van der Waals surface area (Å²) in [6, 6.07) is 1.63. The van der Waals surface area contributed by atoms with Gasteiger partial charge in [-0.1, -0.05) is 13.8 Å². The van der Waals surface area contributed by atoms with Gasteiger partial charge in [0.2, 0.25) is 0 Å². The van der Waals surface area contributed by atoms with Crippen molar-refractivity contribution in [3.63, 3.8) is 0 Å². The molecule has 1 unspecified atom stereocenters. The first-order valence-electron chi connectivity index (χ1n) is 7.01. The summed E-state index contributed by atoms with van der Waals surface area (Å²) in [6.45, 7) is 7.08. The monoisotopic (exact) mass is 283 g/mol. The number of methoxy groups -OCH3 is 1. The average Bonchev–Trinajstić information content (AvgIpc) is 2.83. The van der Waals surface area contributed by atoms with E-state index in [1.165, 1.54) is 0 Å². The van der Waals surface area contributed by atoms with Crippen LogP contribution in [0.2, 0.25) is 0 Å². The first-order chi connectivity index (χ1) is 9.53. The van der Waals surface area contributed by atoms with Crippen molar-refractivity contribution in [1.82, 2.24) is 15.1 Å². The van der Waals surface area contributed by atoms with Crippen molar-refractivity contribution in [2.24, 2.45) is 0 Å². The van der Waals surface area contributed by atoms with Crippen LogP contribution in [-0.2, 0) is 11.3 Å². The minimum Gasteiger partial charge on any atom is -0.396 e. The van der Waals surface area contributed by atoms with E-state index in [2.05, 4.69) is 10.4 Å². The predicted octanol–water partition coefficient (Wildman–Crippen LogP) is 1.15. The van der Waals surface area contributed by atoms with Crippen molar-refractivity contribution in [2.75, 3.05) is 20.3 Å². The van der Waals surface area contributed by atoms with E-state index in [1.807, 2.05) is 26.8 Å². The van der Waals surface area contributed by atoms with E-state index in [0.717, 1.165) is 5.69 Å². The molecular formula is C14H25N3O3. The number of rotatable bonds is 8. The molecule has 0 saturated heterocycles. The molecular weight excluding hydrogens is 258 g/mol. The van der Waals surface area contributed by atoms with Crippen LogP contribution in [0.15, 0.2) is 6.07 Å². The van der Waals surface area contributed by atoms with E-state index in [4.69, 9.17) is 9.84 Å². The number of ether oxygens (including phenoxy) is 1. The molecule has 1 amide bonds. The van der Waals surface area contributed by atoms with Crippen LogP contribution >= 0.6 is 0 Å². The molecule has 0 radical (unpaired) electrons. The number of aryl methyl sites for hydroxylation is 1. The van der Waals surface area contributed by atoms with Crippen LogP contribution in [0.4, 0.5) is 0 Å². The molecule has 0 saturated carbocycles. The number of amides is 1. The van der Waals surface area contributed by atoms with E-state index in [-0.39, 0.29) is 24.5 Å². The molecule has 0 aliphatic heterocycles. The Morgan fingerprint density at radius 3 is 2.75 bits per heavy atom. The highest BCUT2D eigenvalue weighted by Crippen LogP contribution is 2.14. The summed E-state index contributed by atoms with van der Waals surface area (Å²) in [5.41, 5.74) is 1.46. The number of nitrogens with zero attached hydrogens (tertiary/aromatic N) is 2. The molecule has 0 spiro atoms. The molecule has 20 heavy (non-hydrogen) atoms. The van der Waals surface area contributed by atoms with Crippen molar-refractivity contribution < 1.29 is 14.6 Å². The summed E-state index contributed by atoms with van der Waals surface area (Å²) in [5.74, 6) is 0.100. The van der Waals surface area contributed by atoms with E-state index >= 15 is 0 Å². The second kappa shape index (κ2) is 8.01. The van der Waals surface area contributed by atoms with Gasteiger partial charge in [0, 0.05) is 20.3 Å². The Bertz CT molecular complexity index is 423. The van der Waals surface area contributed by atoms with E-state index in [1.54, 1.807) is 11.8 Å². The zero-order chi connectivity index (χ0) is 15.1. The third-order valence-electron chi connectivity index (χ3n) is 3.10. The maximum absolute atomic E-state index is 12.3. The second-order valence-electron chi connectivity index (χ2n) is 5.06. The topological polar surface area (TPSA) is 76.4 Å². The quantitative estimate of drug-likeness (QED) is 0.750. The third-order valence-corrected chi connectivity index (χ3v) is 3.10. The molecule has 0 aliphatic rings. The Morgan fingerprint density at radius 1 is 1.55 bits per heavy atom. The number of aromatic nitrogens is 2. The lowest BCUT2D eigenvalue weighted by molar-refractivity contribution is 0.0868. The molecule has 1 rings (SSSR count). The summed E-state index contributed by atoms with van der Waals surface area (Å²) in [4.78, 5) is 12.3. The third kappa shape index (κ3) is 4.31. The minimum absolute atomic E-state index is 0.0125. The first-order valence-corrected chi connectivity index (χ1v) is 7.01. The minimum atomic E-state index is -0.194. The van der Waals surface area contributed by atoms with Crippen LogP contribution in [0.1, 0.15) is 49.3 Å². The van der Waals surface area contributed by atoms with Crippen LogP contribution in [-0.4, -0.2) is 47.2 Å². The van der Waals surface area contributed by atoms with Gasteiger partial charge in [-0.2, -0.15) is 5.10 Å². The van der Waals surface area contributed by atoms with Crippen molar-refractivity contribution in [1.29, 1.82) is 0 Å². The standard InChI is InChI=1S/C14H25N3O3/c1-5-17-13(8-12(16-17)10(2)3)14(19)15-11(6-7-18)9-20-4/h8,10-11,18H,5-7,9H2,1-4H3,(H,15,19). The normalized spacial score (nSPS) is 12.7. The number of nitrogens with one attached hydrogen (secondary N) is 1. The van der Waals surface area contributed by atoms with Gasteiger partial charge in [-0.3, -0.25) is 9.48 Å². The SMILES string of the molecule is CCn1nc(C(C)C)cc1C(=O)NC(CCO)COC. The van der Waals surface area contributed by atoms with Gasteiger partial charge in [0.25, 0.3) is 5.91 Å². The highest BCUT2D eigenvalue weighted by molar-refractivity contribution is 5.92. The second-order valence-corrected chi connectivity index (χ2v) is 5.06. The molecule has 6 heteroatoms. The molecule has 0 aromatic carbocycles. The molecule has 0 bridgehead atoms. The van der Waals surface area contributed by atoms with Gasteiger partial charge < -0.3 is 15.2 Å². The van der Waals surface area contributed by atoms with Crippen LogP contribution in [0.3, 0.4) is 0 Å². The van der Waals surface area contributed by atoms with Gasteiger partial charge in [0.05, 0.1) is 18.3 Å². The highest BCUT2D eigenvalue weighted by atomic mass is 16.5. The molecule has 114 valence electrons. The van der Waals surface area contributed by atoms with Crippen molar-refractivity contribution in [2.45, 2.75) is 45.7 Å². The van der Waals surface area contributed by atoms with Crippen LogP contribution in [0.5, 0.6) is 0 Å². The molecule has 0 aliphatic carbocycles. The van der Waals surface area contributed by atoms with E-state index in [0.29, 0.717) is 25.3 Å². The van der Waals surface area contributed by atoms with Crippen LogP contribution in [0.25, 0.3) is 0 Å². The zero-order valence-electron chi connectivity index (χ0n) is 12.7. The lowest BCUT2D eigenvalue weighted by Crippen LogP contribution is -2.39. The summed E-state index contributed by atoms with van der Waals surface area (Å²) in [5, 5.41) is 16.3. The zero-order valence-corrected chi connectivity index (χ0v) is 12.7. The molecule has 1 atom stereocenters. The Hall–Kier alpha value is -1.40. The van der Waals surface area contributed by atoms with Gasteiger partial charge in [-0.05, 0) is 25.3 Å². The number of hydrogen-bond acceptors (Lipinski definition) is 4. The molecule has 1 heterocycles. The Kier molecular flexibility index (Phi) is 6.67. The molecule has 1 aromatic rings. The average molecular weight is 283 g/mol. The number of aliphatic hydroxyl groups is 1. The number of hydrogen-bond donors (Lipinski definition) is 2. The number of carbonyl (C=O) groups excluding carboxylic acids is 1. The van der Waals surface area contributed by atoms with Gasteiger partial charge >= 0.3 is 0 Å².